The van der Waals surface area contributed by atoms with Crippen LogP contribution in [-0.4, -0.2) is 23.3 Å². The number of morpholine rings is 1. The van der Waals surface area contributed by atoms with Crippen LogP contribution in [0, 0.1) is 0 Å². The molecule has 1 aromatic carbocycles. The second-order valence-corrected chi connectivity index (χ2v) is 5.00. The minimum Gasteiger partial charge on any atom is -0.361 e. The summed E-state index contributed by atoms with van der Waals surface area (Å²) < 4.78 is 5.73. The first-order valence-electron chi connectivity index (χ1n) is 5.84. The van der Waals surface area contributed by atoms with Crippen molar-refractivity contribution in [2.45, 2.75) is 37.1 Å². The van der Waals surface area contributed by atoms with E-state index >= 15 is 0 Å². The lowest BCUT2D eigenvalue weighted by Gasteiger charge is -2.42. The molecule has 1 aliphatic carbocycles. The van der Waals surface area contributed by atoms with Crippen molar-refractivity contribution in [1.82, 2.24) is 5.32 Å². The van der Waals surface area contributed by atoms with Crippen molar-refractivity contribution in [3.05, 3.63) is 35.9 Å². The van der Waals surface area contributed by atoms with Crippen molar-refractivity contribution in [3.63, 3.8) is 0 Å². The van der Waals surface area contributed by atoms with E-state index in [1.54, 1.807) is 0 Å². The lowest BCUT2D eigenvalue weighted by atomic mass is 9.96. The van der Waals surface area contributed by atoms with Gasteiger partial charge < -0.3 is 15.2 Å². The fourth-order valence-corrected chi connectivity index (χ4v) is 2.42. The molecule has 3 heteroatoms. The number of rotatable bonds is 1. The molecule has 16 heavy (non-hydrogen) atoms. The zero-order chi connectivity index (χ0) is 11.2. The van der Waals surface area contributed by atoms with E-state index in [4.69, 9.17) is 4.74 Å². The van der Waals surface area contributed by atoms with E-state index in [1.165, 1.54) is 0 Å². The highest BCUT2D eigenvalue weighted by Gasteiger charge is 2.53. The molecule has 1 spiro atoms. The van der Waals surface area contributed by atoms with E-state index < -0.39 is 5.79 Å². The molecule has 86 valence electrons. The SMILES string of the molecule is C[C@@H]1NC2(CC2)CO[C@@]1(O)c1ccccc1. The Hall–Kier alpha value is -0.900. The van der Waals surface area contributed by atoms with Crippen molar-refractivity contribution < 1.29 is 9.84 Å². The molecule has 3 nitrogen and oxygen atoms in total. The quantitative estimate of drug-likeness (QED) is 0.749. The van der Waals surface area contributed by atoms with Gasteiger partial charge in [-0.1, -0.05) is 30.3 Å². The Morgan fingerprint density at radius 3 is 2.56 bits per heavy atom. The zero-order valence-electron chi connectivity index (χ0n) is 9.44. The summed E-state index contributed by atoms with van der Waals surface area (Å²) in [7, 11) is 0. The monoisotopic (exact) mass is 219 g/mol. The van der Waals surface area contributed by atoms with Gasteiger partial charge in [0.25, 0.3) is 0 Å². The van der Waals surface area contributed by atoms with Gasteiger partial charge in [0.15, 0.2) is 0 Å². The average molecular weight is 219 g/mol. The molecule has 0 radical (unpaired) electrons. The molecule has 0 amide bonds. The summed E-state index contributed by atoms with van der Waals surface area (Å²) in [6.45, 7) is 2.58. The largest absolute Gasteiger partial charge is 0.361 e. The van der Waals surface area contributed by atoms with Crippen LogP contribution in [-0.2, 0) is 10.5 Å². The van der Waals surface area contributed by atoms with E-state index in [0.29, 0.717) is 6.61 Å². The van der Waals surface area contributed by atoms with Crippen LogP contribution in [0.2, 0.25) is 0 Å². The Bertz CT molecular complexity index is 388. The highest BCUT2D eigenvalue weighted by atomic mass is 16.6. The van der Waals surface area contributed by atoms with Crippen LogP contribution in [0.4, 0.5) is 0 Å². The predicted molar refractivity (Wildman–Crippen MR) is 60.9 cm³/mol. The van der Waals surface area contributed by atoms with Crippen LogP contribution in [0.5, 0.6) is 0 Å². The molecule has 2 fully saturated rings. The first-order valence-corrected chi connectivity index (χ1v) is 5.84. The third-order valence-electron chi connectivity index (χ3n) is 3.72. The lowest BCUT2D eigenvalue weighted by molar-refractivity contribution is -0.257. The number of benzene rings is 1. The summed E-state index contributed by atoms with van der Waals surface area (Å²) in [6, 6.07) is 9.52. The van der Waals surface area contributed by atoms with Crippen LogP contribution in [0.1, 0.15) is 25.3 Å². The molecule has 2 atom stereocenters. The molecule has 2 N–H and O–H groups in total. The molecule has 3 rings (SSSR count). The fraction of sp³-hybridized carbons (Fsp3) is 0.538. The van der Waals surface area contributed by atoms with E-state index in [-0.39, 0.29) is 11.6 Å². The maximum Gasteiger partial charge on any atom is 0.208 e. The molecule has 1 saturated carbocycles. The van der Waals surface area contributed by atoms with Crippen molar-refractivity contribution in [3.8, 4) is 0 Å². The van der Waals surface area contributed by atoms with Gasteiger partial charge in [0.2, 0.25) is 5.79 Å². The molecule has 0 aromatic heterocycles. The zero-order valence-corrected chi connectivity index (χ0v) is 9.44. The third-order valence-corrected chi connectivity index (χ3v) is 3.72. The summed E-state index contributed by atoms with van der Waals surface area (Å²) in [5.74, 6) is -1.19. The fourth-order valence-electron chi connectivity index (χ4n) is 2.42. The smallest absolute Gasteiger partial charge is 0.208 e. The van der Waals surface area contributed by atoms with E-state index in [0.717, 1.165) is 18.4 Å². The summed E-state index contributed by atoms with van der Waals surface area (Å²) in [5, 5.41) is 14.1. The maximum absolute atomic E-state index is 10.6. The summed E-state index contributed by atoms with van der Waals surface area (Å²) >= 11 is 0. The molecule has 1 aliphatic heterocycles. The van der Waals surface area contributed by atoms with Gasteiger partial charge in [-0.25, -0.2) is 0 Å². The van der Waals surface area contributed by atoms with Gasteiger partial charge in [0, 0.05) is 11.1 Å². The molecule has 1 aromatic rings. The Kier molecular flexibility index (Phi) is 2.11. The highest BCUT2D eigenvalue weighted by molar-refractivity contribution is 5.24. The van der Waals surface area contributed by atoms with Gasteiger partial charge >= 0.3 is 0 Å². The van der Waals surface area contributed by atoms with Gasteiger partial charge in [0.1, 0.15) is 0 Å². The van der Waals surface area contributed by atoms with Crippen LogP contribution in [0.15, 0.2) is 30.3 Å². The molecular weight excluding hydrogens is 202 g/mol. The average Bonchev–Trinajstić information content (AvgIpc) is 3.06. The van der Waals surface area contributed by atoms with Crippen molar-refractivity contribution in [1.29, 1.82) is 0 Å². The number of aliphatic hydroxyl groups is 1. The summed E-state index contributed by atoms with van der Waals surface area (Å²) in [6.07, 6.45) is 2.31. The van der Waals surface area contributed by atoms with E-state index in [2.05, 4.69) is 5.32 Å². The van der Waals surface area contributed by atoms with Crippen molar-refractivity contribution >= 4 is 0 Å². The number of hydrogen-bond acceptors (Lipinski definition) is 3. The minimum atomic E-state index is -1.19. The number of nitrogens with one attached hydrogen (secondary N) is 1. The summed E-state index contributed by atoms with van der Waals surface area (Å²) in [4.78, 5) is 0. The Morgan fingerprint density at radius 2 is 2.00 bits per heavy atom. The maximum atomic E-state index is 10.6. The van der Waals surface area contributed by atoms with Gasteiger partial charge in [-0.2, -0.15) is 0 Å². The van der Waals surface area contributed by atoms with E-state index in [9.17, 15) is 5.11 Å². The second kappa shape index (κ2) is 3.29. The van der Waals surface area contributed by atoms with Crippen LogP contribution < -0.4 is 5.32 Å². The molecule has 0 unspecified atom stereocenters. The van der Waals surface area contributed by atoms with E-state index in [1.807, 2.05) is 37.3 Å². The summed E-state index contributed by atoms with van der Waals surface area (Å²) in [5.41, 5.74) is 0.978. The lowest BCUT2D eigenvalue weighted by Crippen LogP contribution is -2.60. The van der Waals surface area contributed by atoms with Crippen molar-refractivity contribution in [2.75, 3.05) is 6.61 Å². The predicted octanol–water partition coefficient (Wildman–Crippen LogP) is 1.37. The second-order valence-electron chi connectivity index (χ2n) is 5.00. The van der Waals surface area contributed by atoms with Gasteiger partial charge in [-0.3, -0.25) is 0 Å². The first kappa shape index (κ1) is 10.3. The molecular formula is C13H17NO2. The Labute approximate surface area is 95.4 Å². The van der Waals surface area contributed by atoms with Crippen LogP contribution >= 0.6 is 0 Å². The Morgan fingerprint density at radius 1 is 1.31 bits per heavy atom. The molecule has 1 saturated heterocycles. The highest BCUT2D eigenvalue weighted by Crippen LogP contribution is 2.43. The van der Waals surface area contributed by atoms with Gasteiger partial charge in [-0.05, 0) is 19.8 Å². The topological polar surface area (TPSA) is 41.5 Å². The molecule has 0 bridgehead atoms. The van der Waals surface area contributed by atoms with Crippen LogP contribution in [0.3, 0.4) is 0 Å². The number of hydrogen-bond donors (Lipinski definition) is 2. The Balaban J connectivity index is 1.88. The molecule has 2 aliphatic rings. The van der Waals surface area contributed by atoms with Gasteiger partial charge in [0.05, 0.1) is 12.6 Å². The van der Waals surface area contributed by atoms with Gasteiger partial charge in [-0.15, -0.1) is 0 Å². The van der Waals surface area contributed by atoms with Crippen LogP contribution in [0.25, 0.3) is 0 Å². The molecule has 1 heterocycles. The first-order chi connectivity index (χ1) is 7.65. The minimum absolute atomic E-state index is 0.0776. The number of ether oxygens (including phenoxy) is 1. The standard InChI is InChI=1S/C13H17NO2/c1-10-13(15,11-5-3-2-4-6-11)16-9-12(14-10)7-8-12/h2-6,10,14-15H,7-9H2,1H3/t10-,13+/m0/s1. The normalized spacial score (nSPS) is 36.2. The van der Waals surface area contributed by atoms with Crippen molar-refractivity contribution in [2.24, 2.45) is 0 Å². The third kappa shape index (κ3) is 1.47.